The fraction of sp³-hybridized carbons (Fsp3) is 0.389. The van der Waals surface area contributed by atoms with Crippen molar-refractivity contribution in [3.8, 4) is 0 Å². The zero-order valence-electron chi connectivity index (χ0n) is 14.2. The minimum atomic E-state index is -0.323. The van der Waals surface area contributed by atoms with Crippen LogP contribution >= 0.6 is 0 Å². The van der Waals surface area contributed by atoms with E-state index in [2.05, 4.69) is 22.5 Å². The van der Waals surface area contributed by atoms with Gasteiger partial charge in [0.1, 0.15) is 0 Å². The number of urea groups is 1. The number of nitrogens with one attached hydrogen (secondary N) is 3. The molecule has 4 amide bonds. The van der Waals surface area contributed by atoms with Crippen LogP contribution in [0.25, 0.3) is 0 Å². The molecule has 1 aromatic rings. The number of anilines is 2. The third-order valence-electron chi connectivity index (χ3n) is 3.84. The molecule has 0 radical (unpaired) electrons. The van der Waals surface area contributed by atoms with E-state index in [1.54, 1.807) is 35.2 Å². The van der Waals surface area contributed by atoms with E-state index >= 15 is 0 Å². The first-order valence-electron chi connectivity index (χ1n) is 8.42. The highest BCUT2D eigenvalue weighted by Crippen LogP contribution is 2.14. The molecule has 0 aliphatic carbocycles. The van der Waals surface area contributed by atoms with E-state index in [-0.39, 0.29) is 24.4 Å². The maximum Gasteiger partial charge on any atom is 0.319 e. The molecule has 1 aliphatic rings. The zero-order chi connectivity index (χ0) is 18.1. The van der Waals surface area contributed by atoms with Gasteiger partial charge in [-0.05, 0) is 37.1 Å². The Morgan fingerprint density at radius 3 is 2.44 bits per heavy atom. The average molecular weight is 344 g/mol. The molecular formula is C18H24N4O3. The summed E-state index contributed by atoms with van der Waals surface area (Å²) in [4.78, 5) is 37.2. The third kappa shape index (κ3) is 6.29. The van der Waals surface area contributed by atoms with E-state index in [1.807, 2.05) is 0 Å². The van der Waals surface area contributed by atoms with Crippen LogP contribution in [0.15, 0.2) is 36.9 Å². The van der Waals surface area contributed by atoms with Gasteiger partial charge in [-0.15, -0.1) is 6.58 Å². The first-order chi connectivity index (χ1) is 12.1. The molecule has 25 heavy (non-hydrogen) atoms. The number of nitrogens with zero attached hydrogens (tertiary/aromatic N) is 1. The molecule has 1 fully saturated rings. The van der Waals surface area contributed by atoms with Crippen LogP contribution in [0, 0.1) is 0 Å². The molecule has 1 heterocycles. The van der Waals surface area contributed by atoms with Crippen molar-refractivity contribution in [3.05, 3.63) is 36.9 Å². The summed E-state index contributed by atoms with van der Waals surface area (Å²) in [5.74, 6) is -0.183. The molecule has 1 aliphatic heterocycles. The van der Waals surface area contributed by atoms with Crippen molar-refractivity contribution in [2.75, 3.05) is 30.3 Å². The highest BCUT2D eigenvalue weighted by molar-refractivity contribution is 5.95. The van der Waals surface area contributed by atoms with Crippen LogP contribution in [0.2, 0.25) is 0 Å². The van der Waals surface area contributed by atoms with Crippen LogP contribution in [0.4, 0.5) is 16.2 Å². The van der Waals surface area contributed by atoms with Crippen LogP contribution < -0.4 is 16.0 Å². The number of rotatable bonds is 6. The second-order valence-electron chi connectivity index (χ2n) is 5.88. The summed E-state index contributed by atoms with van der Waals surface area (Å²) in [7, 11) is 0. The van der Waals surface area contributed by atoms with Crippen LogP contribution in [0.1, 0.15) is 25.7 Å². The van der Waals surface area contributed by atoms with E-state index in [1.165, 1.54) is 0 Å². The minimum absolute atomic E-state index is 0.0396. The third-order valence-corrected chi connectivity index (χ3v) is 3.84. The Morgan fingerprint density at radius 1 is 1.08 bits per heavy atom. The molecule has 0 saturated carbocycles. The van der Waals surface area contributed by atoms with Gasteiger partial charge in [0.15, 0.2) is 0 Å². The normalized spacial score (nSPS) is 14.4. The van der Waals surface area contributed by atoms with Gasteiger partial charge in [-0.25, -0.2) is 4.79 Å². The Kier molecular flexibility index (Phi) is 7.00. The van der Waals surface area contributed by atoms with Gasteiger partial charge in [-0.3, -0.25) is 9.59 Å². The fourth-order valence-corrected chi connectivity index (χ4v) is 2.56. The van der Waals surface area contributed by atoms with Crippen molar-refractivity contribution in [2.45, 2.75) is 25.7 Å². The van der Waals surface area contributed by atoms with Crippen molar-refractivity contribution >= 4 is 29.2 Å². The molecule has 0 bridgehead atoms. The number of carbonyl (C=O) groups is 3. The van der Waals surface area contributed by atoms with Crippen molar-refractivity contribution < 1.29 is 14.4 Å². The number of amides is 4. The van der Waals surface area contributed by atoms with Gasteiger partial charge in [0, 0.05) is 30.9 Å². The summed E-state index contributed by atoms with van der Waals surface area (Å²) in [6.45, 7) is 4.61. The van der Waals surface area contributed by atoms with E-state index in [4.69, 9.17) is 0 Å². The lowest BCUT2D eigenvalue weighted by atomic mass is 10.2. The zero-order valence-corrected chi connectivity index (χ0v) is 14.2. The van der Waals surface area contributed by atoms with Gasteiger partial charge in [-0.2, -0.15) is 0 Å². The summed E-state index contributed by atoms with van der Waals surface area (Å²) in [5, 5.41) is 8.05. The van der Waals surface area contributed by atoms with Crippen molar-refractivity contribution in [2.24, 2.45) is 0 Å². The SMILES string of the molecule is C=CCNC(=O)Nc1ccc(NC(=O)CN2CCCCCC2=O)cc1. The minimum Gasteiger partial charge on any atom is -0.334 e. The molecule has 0 atom stereocenters. The monoisotopic (exact) mass is 344 g/mol. The van der Waals surface area contributed by atoms with Crippen LogP contribution in [0.5, 0.6) is 0 Å². The number of carbonyl (C=O) groups excluding carboxylic acids is 3. The fourth-order valence-electron chi connectivity index (χ4n) is 2.56. The molecule has 0 unspecified atom stereocenters. The van der Waals surface area contributed by atoms with E-state index < -0.39 is 0 Å². The Hall–Kier alpha value is -2.83. The smallest absolute Gasteiger partial charge is 0.319 e. The molecule has 0 spiro atoms. The molecule has 2 rings (SSSR count). The number of hydrogen-bond acceptors (Lipinski definition) is 3. The average Bonchev–Trinajstić information content (AvgIpc) is 2.79. The lowest BCUT2D eigenvalue weighted by Crippen LogP contribution is -2.37. The predicted molar refractivity (Wildman–Crippen MR) is 97.3 cm³/mol. The summed E-state index contributed by atoms with van der Waals surface area (Å²) in [6, 6.07) is 6.47. The van der Waals surface area contributed by atoms with E-state index in [9.17, 15) is 14.4 Å². The Balaban J connectivity index is 1.83. The lowest BCUT2D eigenvalue weighted by Gasteiger charge is -2.19. The van der Waals surface area contributed by atoms with Crippen molar-refractivity contribution in [1.82, 2.24) is 10.2 Å². The van der Waals surface area contributed by atoms with Crippen LogP contribution in [0.3, 0.4) is 0 Å². The van der Waals surface area contributed by atoms with Gasteiger partial charge in [0.25, 0.3) is 0 Å². The number of hydrogen-bond donors (Lipinski definition) is 3. The number of benzene rings is 1. The van der Waals surface area contributed by atoms with Gasteiger partial charge >= 0.3 is 6.03 Å². The molecule has 7 heteroatoms. The second kappa shape index (κ2) is 9.46. The van der Waals surface area contributed by atoms with Crippen LogP contribution in [-0.4, -0.2) is 42.4 Å². The van der Waals surface area contributed by atoms with Crippen molar-refractivity contribution in [3.63, 3.8) is 0 Å². The van der Waals surface area contributed by atoms with E-state index in [0.29, 0.717) is 30.9 Å². The first-order valence-corrected chi connectivity index (χ1v) is 8.42. The molecule has 3 N–H and O–H groups in total. The summed E-state index contributed by atoms with van der Waals surface area (Å²) < 4.78 is 0. The van der Waals surface area contributed by atoms with Crippen LogP contribution in [-0.2, 0) is 9.59 Å². The Labute approximate surface area is 147 Å². The second-order valence-corrected chi connectivity index (χ2v) is 5.88. The Bertz CT molecular complexity index is 628. The maximum atomic E-state index is 12.1. The molecular weight excluding hydrogens is 320 g/mol. The predicted octanol–water partition coefficient (Wildman–Crippen LogP) is 2.34. The summed E-state index contributed by atoms with van der Waals surface area (Å²) >= 11 is 0. The Morgan fingerprint density at radius 2 is 1.76 bits per heavy atom. The van der Waals surface area contributed by atoms with Gasteiger partial charge in [0.05, 0.1) is 6.54 Å². The largest absolute Gasteiger partial charge is 0.334 e. The first kappa shape index (κ1) is 18.5. The molecule has 0 aromatic heterocycles. The number of likely N-dealkylation sites (tertiary alicyclic amines) is 1. The maximum absolute atomic E-state index is 12.1. The molecule has 1 saturated heterocycles. The standard InChI is InChI=1S/C18H24N4O3/c1-2-11-19-18(25)21-15-9-7-14(8-10-15)20-16(23)13-22-12-5-3-4-6-17(22)24/h2,7-10H,1,3-6,11-13H2,(H,20,23)(H2,19,21,25). The van der Waals surface area contributed by atoms with Gasteiger partial charge < -0.3 is 20.9 Å². The highest BCUT2D eigenvalue weighted by atomic mass is 16.2. The molecule has 134 valence electrons. The van der Waals surface area contributed by atoms with E-state index in [0.717, 1.165) is 19.3 Å². The van der Waals surface area contributed by atoms with Crippen molar-refractivity contribution in [1.29, 1.82) is 0 Å². The summed E-state index contributed by atoms with van der Waals surface area (Å²) in [6.07, 6.45) is 4.96. The summed E-state index contributed by atoms with van der Waals surface area (Å²) in [5.41, 5.74) is 1.23. The topological polar surface area (TPSA) is 90.5 Å². The molecule has 1 aromatic carbocycles. The highest BCUT2D eigenvalue weighted by Gasteiger charge is 2.19. The quantitative estimate of drug-likeness (QED) is 0.692. The van der Waals surface area contributed by atoms with Gasteiger partial charge in [-0.1, -0.05) is 12.5 Å². The lowest BCUT2D eigenvalue weighted by molar-refractivity contribution is -0.134. The van der Waals surface area contributed by atoms with Gasteiger partial charge in [0.2, 0.25) is 11.8 Å². The molecule has 7 nitrogen and oxygen atoms in total.